The zero-order chi connectivity index (χ0) is 16.0. The first-order valence-corrected chi connectivity index (χ1v) is 7.51. The minimum atomic E-state index is -0.517. The number of anilines is 1. The van der Waals surface area contributed by atoms with E-state index >= 15 is 0 Å². The van der Waals surface area contributed by atoms with E-state index in [1.165, 1.54) is 0 Å². The Bertz CT molecular complexity index is 459. The molecule has 0 spiro atoms. The highest BCUT2D eigenvalue weighted by Gasteiger charge is 2.19. The molecule has 6 nitrogen and oxygen atoms in total. The number of hydrogen-bond acceptors (Lipinski definition) is 4. The van der Waals surface area contributed by atoms with E-state index in [0.717, 1.165) is 18.4 Å². The van der Waals surface area contributed by atoms with Crippen LogP contribution in [0.5, 0.6) is 0 Å². The number of rotatable bonds is 6. The lowest BCUT2D eigenvalue weighted by molar-refractivity contribution is 0.0634. The van der Waals surface area contributed by atoms with Crippen molar-refractivity contribution in [1.82, 2.24) is 15.1 Å². The van der Waals surface area contributed by atoms with E-state index in [1.54, 1.807) is 17.9 Å². The highest BCUT2D eigenvalue weighted by Crippen LogP contribution is 2.16. The van der Waals surface area contributed by atoms with Gasteiger partial charge in [-0.05, 0) is 33.6 Å². The number of ether oxygens (including phenoxy) is 1. The highest BCUT2D eigenvalue weighted by atomic mass is 16.6. The normalized spacial score (nSPS) is 11.8. The van der Waals surface area contributed by atoms with Crippen LogP contribution in [0.15, 0.2) is 6.20 Å². The molecular weight excluding hydrogens is 268 g/mol. The van der Waals surface area contributed by atoms with E-state index in [2.05, 4.69) is 29.6 Å². The van der Waals surface area contributed by atoms with Crippen LogP contribution in [0.1, 0.15) is 53.0 Å². The molecule has 0 fully saturated rings. The minimum Gasteiger partial charge on any atom is -0.444 e. The average Bonchev–Trinajstić information content (AvgIpc) is 2.70. The van der Waals surface area contributed by atoms with E-state index < -0.39 is 11.7 Å². The molecule has 1 aromatic rings. The molecule has 1 heterocycles. The van der Waals surface area contributed by atoms with Gasteiger partial charge in [-0.3, -0.25) is 10.00 Å². The Hall–Kier alpha value is -1.56. The maximum atomic E-state index is 11.9. The molecule has 0 bridgehead atoms. The zero-order valence-corrected chi connectivity index (χ0v) is 14.0. The van der Waals surface area contributed by atoms with Gasteiger partial charge in [-0.1, -0.05) is 13.8 Å². The predicted molar refractivity (Wildman–Crippen MR) is 84.3 cm³/mol. The Kier molecular flexibility index (Phi) is 6.20. The van der Waals surface area contributed by atoms with E-state index in [1.807, 2.05) is 20.8 Å². The molecule has 1 amide bonds. The summed E-state index contributed by atoms with van der Waals surface area (Å²) >= 11 is 0. The van der Waals surface area contributed by atoms with Gasteiger partial charge in [0.05, 0.1) is 6.20 Å². The lowest BCUT2D eigenvalue weighted by Gasteiger charge is -2.20. The van der Waals surface area contributed by atoms with Gasteiger partial charge in [0.1, 0.15) is 11.4 Å². The third-order valence-corrected chi connectivity index (χ3v) is 3.20. The van der Waals surface area contributed by atoms with Gasteiger partial charge in [0, 0.05) is 25.2 Å². The van der Waals surface area contributed by atoms with Gasteiger partial charge in [-0.2, -0.15) is 5.10 Å². The van der Waals surface area contributed by atoms with E-state index in [-0.39, 0.29) is 0 Å². The second-order valence-electron chi connectivity index (χ2n) is 6.16. The molecule has 0 aliphatic heterocycles. The monoisotopic (exact) mass is 296 g/mol. The summed E-state index contributed by atoms with van der Waals surface area (Å²) in [6, 6.07) is 0.472. The van der Waals surface area contributed by atoms with Gasteiger partial charge >= 0.3 is 6.09 Å². The first-order valence-electron chi connectivity index (χ1n) is 7.51. The Morgan fingerprint density at radius 3 is 2.52 bits per heavy atom. The number of carbonyl (C=O) groups excluding carboxylic acids is 1. The Morgan fingerprint density at radius 1 is 1.38 bits per heavy atom. The molecule has 1 aromatic heterocycles. The van der Waals surface area contributed by atoms with Crippen LogP contribution in [0, 0.1) is 0 Å². The van der Waals surface area contributed by atoms with Crippen molar-refractivity contribution in [3.8, 4) is 0 Å². The molecule has 6 heteroatoms. The highest BCUT2D eigenvalue weighted by molar-refractivity contribution is 5.84. The summed E-state index contributed by atoms with van der Waals surface area (Å²) in [4.78, 5) is 11.9. The summed E-state index contributed by atoms with van der Waals surface area (Å²) < 4.78 is 6.92. The van der Waals surface area contributed by atoms with Crippen molar-refractivity contribution in [1.29, 1.82) is 0 Å². The third-order valence-electron chi connectivity index (χ3n) is 3.20. The number of aryl methyl sites for hydroxylation is 1. The molecule has 0 saturated carbocycles. The van der Waals surface area contributed by atoms with E-state index in [4.69, 9.17) is 4.74 Å². The molecule has 0 aromatic carbocycles. The number of carbonyl (C=O) groups is 1. The molecule has 2 N–H and O–H groups in total. The maximum absolute atomic E-state index is 11.9. The molecule has 0 unspecified atom stereocenters. The molecule has 1 rings (SSSR count). The van der Waals surface area contributed by atoms with Gasteiger partial charge < -0.3 is 10.1 Å². The second kappa shape index (κ2) is 7.45. The van der Waals surface area contributed by atoms with Crippen LogP contribution < -0.4 is 10.6 Å². The summed E-state index contributed by atoms with van der Waals surface area (Å²) in [6.07, 6.45) is 3.45. The number of nitrogens with zero attached hydrogens (tertiary/aromatic N) is 2. The smallest absolute Gasteiger partial charge is 0.413 e. The standard InChI is InChI=1S/C15H28N4O2/c1-7-12(8-2)16-9-11-10-17-19(6)13(11)18-14(20)21-15(3,4)5/h10,12,16H,7-9H2,1-6H3,(H,18,20). The lowest BCUT2D eigenvalue weighted by Crippen LogP contribution is -2.29. The van der Waals surface area contributed by atoms with Crippen molar-refractivity contribution in [3.63, 3.8) is 0 Å². The summed E-state index contributed by atoms with van der Waals surface area (Å²) in [7, 11) is 1.80. The van der Waals surface area contributed by atoms with Crippen LogP contribution in [-0.4, -0.2) is 27.5 Å². The minimum absolute atomic E-state index is 0.463. The SMILES string of the molecule is CCC(CC)NCc1cnn(C)c1NC(=O)OC(C)(C)C. The summed E-state index contributed by atoms with van der Waals surface area (Å²) in [6.45, 7) is 10.5. The van der Waals surface area contributed by atoms with Crippen LogP contribution >= 0.6 is 0 Å². The Labute approximate surface area is 127 Å². The fourth-order valence-corrected chi connectivity index (χ4v) is 2.01. The first kappa shape index (κ1) is 17.5. The van der Waals surface area contributed by atoms with Gasteiger partial charge in [-0.15, -0.1) is 0 Å². The number of nitrogens with one attached hydrogen (secondary N) is 2. The Morgan fingerprint density at radius 2 is 2.00 bits per heavy atom. The van der Waals surface area contributed by atoms with Crippen LogP contribution in [0.3, 0.4) is 0 Å². The van der Waals surface area contributed by atoms with Gasteiger partial charge in [0.2, 0.25) is 0 Å². The molecule has 21 heavy (non-hydrogen) atoms. The maximum Gasteiger partial charge on any atom is 0.413 e. The van der Waals surface area contributed by atoms with Gasteiger partial charge in [0.15, 0.2) is 0 Å². The predicted octanol–water partition coefficient (Wildman–Crippen LogP) is 3.05. The van der Waals surface area contributed by atoms with Gasteiger partial charge in [0.25, 0.3) is 0 Å². The quantitative estimate of drug-likeness (QED) is 0.846. The second-order valence-corrected chi connectivity index (χ2v) is 6.16. The molecular formula is C15H28N4O2. The number of hydrogen-bond donors (Lipinski definition) is 2. The van der Waals surface area contributed by atoms with E-state index in [9.17, 15) is 4.79 Å². The molecule has 0 aliphatic carbocycles. The summed E-state index contributed by atoms with van der Waals surface area (Å²) in [5, 5.41) is 10.4. The lowest BCUT2D eigenvalue weighted by atomic mass is 10.1. The third kappa shape index (κ3) is 5.75. The number of amides is 1. The average molecular weight is 296 g/mol. The van der Waals surface area contributed by atoms with Crippen molar-refractivity contribution in [2.45, 2.75) is 65.6 Å². The molecule has 0 aliphatic rings. The zero-order valence-electron chi connectivity index (χ0n) is 14.0. The summed E-state index contributed by atoms with van der Waals surface area (Å²) in [5.41, 5.74) is 0.437. The fourth-order valence-electron chi connectivity index (χ4n) is 2.01. The van der Waals surface area contributed by atoms with E-state index in [0.29, 0.717) is 18.4 Å². The Balaban J connectivity index is 2.70. The van der Waals surface area contributed by atoms with Crippen LogP contribution in [0.25, 0.3) is 0 Å². The largest absolute Gasteiger partial charge is 0.444 e. The van der Waals surface area contributed by atoms with Crippen molar-refractivity contribution < 1.29 is 9.53 Å². The van der Waals surface area contributed by atoms with Crippen molar-refractivity contribution in [2.24, 2.45) is 7.05 Å². The van der Waals surface area contributed by atoms with Gasteiger partial charge in [-0.25, -0.2) is 4.79 Å². The molecule has 0 saturated heterocycles. The summed E-state index contributed by atoms with van der Waals surface area (Å²) in [5.74, 6) is 0.669. The topological polar surface area (TPSA) is 68.2 Å². The van der Waals surface area contributed by atoms with Crippen molar-refractivity contribution in [2.75, 3.05) is 5.32 Å². The van der Waals surface area contributed by atoms with Crippen molar-refractivity contribution in [3.05, 3.63) is 11.8 Å². The van der Waals surface area contributed by atoms with Crippen molar-refractivity contribution >= 4 is 11.9 Å². The van der Waals surface area contributed by atoms with Crippen LogP contribution in [-0.2, 0) is 18.3 Å². The van der Waals surface area contributed by atoms with Crippen LogP contribution in [0.2, 0.25) is 0 Å². The molecule has 120 valence electrons. The molecule has 0 radical (unpaired) electrons. The first-order chi connectivity index (χ1) is 9.76. The number of aromatic nitrogens is 2. The van der Waals surface area contributed by atoms with Crippen LogP contribution in [0.4, 0.5) is 10.6 Å². The fraction of sp³-hybridized carbons (Fsp3) is 0.733. The molecule has 0 atom stereocenters.